The Morgan fingerprint density at radius 3 is 2.67 bits per heavy atom. The van der Waals surface area contributed by atoms with Gasteiger partial charge in [-0.25, -0.2) is 4.79 Å². The number of nitrogens with one attached hydrogen (secondary N) is 1. The first kappa shape index (κ1) is 17.3. The zero-order valence-corrected chi connectivity index (χ0v) is 12.9. The minimum Gasteiger partial charge on any atom is -0.445 e. The third kappa shape index (κ3) is 7.56. The molecule has 6 heteroatoms. The Labute approximate surface area is 130 Å². The van der Waals surface area contributed by atoms with Crippen LogP contribution in [0.1, 0.15) is 18.4 Å². The maximum absolute atomic E-state index is 11.5. The highest BCUT2D eigenvalue weighted by Crippen LogP contribution is 2.00. The molecule has 0 saturated carbocycles. The molecule has 0 saturated heterocycles. The van der Waals surface area contributed by atoms with E-state index < -0.39 is 6.09 Å². The van der Waals surface area contributed by atoms with Gasteiger partial charge in [0, 0.05) is 32.4 Å². The Hall–Kier alpha value is -1.75. The van der Waals surface area contributed by atoms with Crippen LogP contribution in [0.2, 0.25) is 0 Å². The van der Waals surface area contributed by atoms with E-state index in [2.05, 4.69) is 5.32 Å². The minimum absolute atomic E-state index is 0.0108. The van der Waals surface area contributed by atoms with Crippen LogP contribution in [0.5, 0.6) is 0 Å². The number of carbonyl (C=O) groups excluding carboxylic acids is 2. The van der Waals surface area contributed by atoms with E-state index in [1.807, 2.05) is 30.3 Å². The molecule has 0 spiro atoms. The number of alkyl carbamates (subject to hydrolysis) is 1. The number of alkyl halides is 1. The lowest BCUT2D eigenvalue weighted by atomic mass is 10.2. The van der Waals surface area contributed by atoms with Crippen molar-refractivity contribution in [3.8, 4) is 0 Å². The number of rotatable bonds is 8. The van der Waals surface area contributed by atoms with Crippen molar-refractivity contribution < 1.29 is 14.3 Å². The van der Waals surface area contributed by atoms with E-state index in [9.17, 15) is 9.59 Å². The van der Waals surface area contributed by atoms with Gasteiger partial charge in [-0.15, -0.1) is 11.6 Å². The van der Waals surface area contributed by atoms with Crippen molar-refractivity contribution in [3.63, 3.8) is 0 Å². The van der Waals surface area contributed by atoms with Gasteiger partial charge < -0.3 is 15.0 Å². The predicted molar refractivity (Wildman–Crippen MR) is 82.2 cm³/mol. The van der Waals surface area contributed by atoms with Gasteiger partial charge in [0.2, 0.25) is 5.91 Å². The second-order valence-electron chi connectivity index (χ2n) is 4.60. The third-order valence-corrected chi connectivity index (χ3v) is 3.08. The van der Waals surface area contributed by atoms with E-state index in [4.69, 9.17) is 16.3 Å². The average molecular weight is 313 g/mol. The van der Waals surface area contributed by atoms with Crippen molar-refractivity contribution in [1.29, 1.82) is 0 Å². The average Bonchev–Trinajstić information content (AvgIpc) is 2.50. The summed E-state index contributed by atoms with van der Waals surface area (Å²) in [5.41, 5.74) is 0.944. The van der Waals surface area contributed by atoms with Crippen molar-refractivity contribution in [2.45, 2.75) is 19.4 Å². The Balaban J connectivity index is 2.09. The van der Waals surface area contributed by atoms with Gasteiger partial charge in [0.25, 0.3) is 0 Å². The predicted octanol–water partition coefficient (Wildman–Crippen LogP) is 2.39. The number of nitrogens with zero attached hydrogens (tertiary/aromatic N) is 1. The monoisotopic (exact) mass is 312 g/mol. The Morgan fingerprint density at radius 2 is 2.00 bits per heavy atom. The number of benzene rings is 1. The number of amides is 2. The summed E-state index contributed by atoms with van der Waals surface area (Å²) in [4.78, 5) is 24.5. The van der Waals surface area contributed by atoms with Gasteiger partial charge in [-0.05, 0) is 12.0 Å². The number of carbonyl (C=O) groups is 2. The van der Waals surface area contributed by atoms with Gasteiger partial charge >= 0.3 is 6.09 Å². The summed E-state index contributed by atoms with van der Waals surface area (Å²) in [6.45, 7) is 1.29. The maximum Gasteiger partial charge on any atom is 0.407 e. The molecule has 0 radical (unpaired) electrons. The number of hydrogen-bond donors (Lipinski definition) is 1. The molecule has 116 valence electrons. The van der Waals surface area contributed by atoms with Crippen LogP contribution in [0.15, 0.2) is 30.3 Å². The van der Waals surface area contributed by atoms with Crippen LogP contribution in [0.25, 0.3) is 0 Å². The molecule has 1 aromatic carbocycles. The zero-order valence-electron chi connectivity index (χ0n) is 12.2. The number of hydrogen-bond acceptors (Lipinski definition) is 3. The fraction of sp³-hybridized carbons (Fsp3) is 0.467. The Morgan fingerprint density at radius 1 is 1.29 bits per heavy atom. The summed E-state index contributed by atoms with van der Waals surface area (Å²) >= 11 is 5.51. The van der Waals surface area contributed by atoms with E-state index in [1.54, 1.807) is 11.9 Å². The zero-order chi connectivity index (χ0) is 15.5. The Kier molecular flexibility index (Phi) is 8.28. The van der Waals surface area contributed by atoms with Crippen molar-refractivity contribution in [1.82, 2.24) is 10.2 Å². The molecule has 0 unspecified atom stereocenters. The van der Waals surface area contributed by atoms with Crippen LogP contribution < -0.4 is 5.32 Å². The van der Waals surface area contributed by atoms with Crippen molar-refractivity contribution >= 4 is 23.6 Å². The van der Waals surface area contributed by atoms with Crippen molar-refractivity contribution in [2.75, 3.05) is 26.0 Å². The molecule has 1 N–H and O–H groups in total. The summed E-state index contributed by atoms with van der Waals surface area (Å²) in [5, 5.41) is 2.65. The molecule has 1 aromatic rings. The highest BCUT2D eigenvalue weighted by atomic mass is 35.5. The molecule has 2 amide bonds. The molecule has 0 aliphatic rings. The second-order valence-corrected chi connectivity index (χ2v) is 4.97. The van der Waals surface area contributed by atoms with E-state index in [-0.39, 0.29) is 12.5 Å². The van der Waals surface area contributed by atoms with Gasteiger partial charge in [-0.2, -0.15) is 0 Å². The summed E-state index contributed by atoms with van der Waals surface area (Å²) < 4.78 is 5.07. The standard InChI is InChI=1S/C15H21ClN2O3/c1-18(14(19)8-9-16)11-5-10-17-15(20)21-12-13-6-3-2-4-7-13/h2-4,6-7H,5,8-12H2,1H3,(H,17,20). The number of halogens is 1. The molecule has 5 nitrogen and oxygen atoms in total. The van der Waals surface area contributed by atoms with Gasteiger partial charge in [-0.3, -0.25) is 4.79 Å². The van der Waals surface area contributed by atoms with Crippen molar-refractivity contribution in [3.05, 3.63) is 35.9 Å². The molecule has 0 aliphatic heterocycles. The van der Waals surface area contributed by atoms with Crippen LogP contribution in [0.3, 0.4) is 0 Å². The van der Waals surface area contributed by atoms with Gasteiger partial charge in [0.1, 0.15) is 6.61 Å². The first-order chi connectivity index (χ1) is 10.1. The summed E-state index contributed by atoms with van der Waals surface area (Å²) in [7, 11) is 1.72. The molecule has 0 aromatic heterocycles. The highest BCUT2D eigenvalue weighted by Gasteiger charge is 2.07. The lowest BCUT2D eigenvalue weighted by Gasteiger charge is -2.16. The minimum atomic E-state index is -0.450. The fourth-order valence-corrected chi connectivity index (χ4v) is 1.84. The molecule has 0 fully saturated rings. The molecular formula is C15H21ClN2O3. The van der Waals surface area contributed by atoms with Gasteiger partial charge in [0.05, 0.1) is 0 Å². The van der Waals surface area contributed by atoms with Crippen LogP contribution in [-0.2, 0) is 16.1 Å². The molecule has 21 heavy (non-hydrogen) atoms. The quantitative estimate of drug-likeness (QED) is 0.592. The molecule has 0 heterocycles. The SMILES string of the molecule is CN(CCCNC(=O)OCc1ccccc1)C(=O)CCCl. The van der Waals surface area contributed by atoms with Gasteiger partial charge in [-0.1, -0.05) is 30.3 Å². The van der Waals surface area contributed by atoms with Crippen LogP contribution >= 0.6 is 11.6 Å². The molecular weight excluding hydrogens is 292 g/mol. The summed E-state index contributed by atoms with van der Waals surface area (Å²) in [5.74, 6) is 0.337. The first-order valence-corrected chi connectivity index (χ1v) is 7.41. The lowest BCUT2D eigenvalue weighted by molar-refractivity contribution is -0.129. The van der Waals surface area contributed by atoms with E-state index in [0.29, 0.717) is 31.8 Å². The fourth-order valence-electron chi connectivity index (χ4n) is 1.68. The van der Waals surface area contributed by atoms with Crippen molar-refractivity contribution in [2.24, 2.45) is 0 Å². The summed E-state index contributed by atoms with van der Waals surface area (Å²) in [6.07, 6.45) is 0.559. The maximum atomic E-state index is 11.5. The molecule has 0 aliphatic carbocycles. The van der Waals surface area contributed by atoms with Crippen LogP contribution in [-0.4, -0.2) is 42.9 Å². The normalized spacial score (nSPS) is 10.0. The highest BCUT2D eigenvalue weighted by molar-refractivity contribution is 6.18. The van der Waals surface area contributed by atoms with Crippen LogP contribution in [0, 0.1) is 0 Å². The van der Waals surface area contributed by atoms with Gasteiger partial charge in [0.15, 0.2) is 0 Å². The summed E-state index contributed by atoms with van der Waals surface area (Å²) in [6, 6.07) is 9.48. The second kappa shape index (κ2) is 10.0. The molecule has 0 atom stereocenters. The molecule has 0 bridgehead atoms. The Bertz CT molecular complexity index is 440. The van der Waals surface area contributed by atoms with Crippen LogP contribution in [0.4, 0.5) is 4.79 Å². The largest absolute Gasteiger partial charge is 0.445 e. The van der Waals surface area contributed by atoms with E-state index in [1.165, 1.54) is 0 Å². The smallest absolute Gasteiger partial charge is 0.407 e. The lowest BCUT2D eigenvalue weighted by Crippen LogP contribution is -2.31. The van der Waals surface area contributed by atoms with E-state index >= 15 is 0 Å². The molecule has 1 rings (SSSR count). The number of ether oxygens (including phenoxy) is 1. The first-order valence-electron chi connectivity index (χ1n) is 6.88. The topological polar surface area (TPSA) is 58.6 Å². The third-order valence-electron chi connectivity index (χ3n) is 2.89. The van der Waals surface area contributed by atoms with E-state index in [0.717, 1.165) is 5.56 Å².